The summed E-state index contributed by atoms with van der Waals surface area (Å²) >= 11 is 1.55. The molecule has 158 valence electrons. The second kappa shape index (κ2) is 9.30. The van der Waals surface area contributed by atoms with Gasteiger partial charge in [0.1, 0.15) is 19.0 Å². The lowest BCUT2D eigenvalue weighted by molar-refractivity contribution is -0.117. The molecular formula is C22H24N2O5S. The molecule has 0 unspecified atom stereocenters. The molecule has 7 nitrogen and oxygen atoms in total. The molecule has 0 saturated carbocycles. The molecule has 8 heteroatoms. The number of thioether (sulfide) groups is 1. The standard InChI is InChI=1S/C22H24N2O5S/c1-30-20-13-19-18(28-9-10-29-19)12-17(20)24-21(25)3-2-8-27-15-5-6-16-14(11-15)4-7-22(26)23-16/h5-6,11-13H,2-4,7-10H2,1H3,(H,23,26)(H,24,25). The van der Waals surface area contributed by atoms with Crippen LogP contribution in [-0.4, -0.2) is 37.9 Å². The van der Waals surface area contributed by atoms with Crippen LogP contribution in [0.4, 0.5) is 11.4 Å². The van der Waals surface area contributed by atoms with Crippen molar-refractivity contribution < 1.29 is 23.8 Å². The van der Waals surface area contributed by atoms with E-state index >= 15 is 0 Å². The number of anilines is 2. The van der Waals surface area contributed by atoms with Crippen molar-refractivity contribution in [3.05, 3.63) is 35.9 Å². The zero-order chi connectivity index (χ0) is 20.9. The van der Waals surface area contributed by atoms with Crippen molar-refractivity contribution in [2.75, 3.05) is 36.7 Å². The summed E-state index contributed by atoms with van der Waals surface area (Å²) in [7, 11) is 0. The number of hydrogen-bond acceptors (Lipinski definition) is 6. The zero-order valence-electron chi connectivity index (χ0n) is 16.8. The molecule has 2 aliphatic heterocycles. The summed E-state index contributed by atoms with van der Waals surface area (Å²) in [6.07, 6.45) is 4.11. The Kier molecular flexibility index (Phi) is 6.32. The molecule has 2 aliphatic rings. The first kappa shape index (κ1) is 20.4. The molecule has 2 aromatic rings. The lowest BCUT2D eigenvalue weighted by Crippen LogP contribution is -2.18. The van der Waals surface area contributed by atoms with Gasteiger partial charge in [-0.25, -0.2) is 0 Å². The topological polar surface area (TPSA) is 85.9 Å². The van der Waals surface area contributed by atoms with Gasteiger partial charge in [-0.3, -0.25) is 9.59 Å². The quantitative estimate of drug-likeness (QED) is 0.515. The zero-order valence-corrected chi connectivity index (χ0v) is 17.6. The van der Waals surface area contributed by atoms with E-state index in [1.54, 1.807) is 11.8 Å². The molecule has 0 radical (unpaired) electrons. The predicted molar refractivity (Wildman–Crippen MR) is 116 cm³/mol. The molecule has 0 spiro atoms. The van der Waals surface area contributed by atoms with Crippen molar-refractivity contribution in [1.29, 1.82) is 0 Å². The smallest absolute Gasteiger partial charge is 0.224 e. The average molecular weight is 429 g/mol. The molecular weight excluding hydrogens is 404 g/mol. The minimum Gasteiger partial charge on any atom is -0.494 e. The van der Waals surface area contributed by atoms with Crippen molar-refractivity contribution in [2.45, 2.75) is 30.6 Å². The maximum Gasteiger partial charge on any atom is 0.224 e. The average Bonchev–Trinajstić information content (AvgIpc) is 2.76. The van der Waals surface area contributed by atoms with Gasteiger partial charge < -0.3 is 24.8 Å². The molecule has 2 N–H and O–H groups in total. The minimum absolute atomic E-state index is 0.0461. The van der Waals surface area contributed by atoms with Crippen LogP contribution >= 0.6 is 11.8 Å². The Morgan fingerprint density at radius 1 is 1.17 bits per heavy atom. The van der Waals surface area contributed by atoms with E-state index in [2.05, 4.69) is 10.6 Å². The highest BCUT2D eigenvalue weighted by Crippen LogP contribution is 2.39. The van der Waals surface area contributed by atoms with Crippen molar-refractivity contribution in [3.63, 3.8) is 0 Å². The van der Waals surface area contributed by atoms with Crippen LogP contribution in [-0.2, 0) is 16.0 Å². The normalized spacial score (nSPS) is 14.5. The molecule has 0 bridgehead atoms. The first-order valence-corrected chi connectivity index (χ1v) is 11.2. The van der Waals surface area contributed by atoms with E-state index in [0.29, 0.717) is 57.0 Å². The number of amides is 2. The first-order chi connectivity index (χ1) is 14.6. The Morgan fingerprint density at radius 2 is 1.97 bits per heavy atom. The summed E-state index contributed by atoms with van der Waals surface area (Å²) in [5.41, 5.74) is 2.66. The van der Waals surface area contributed by atoms with Crippen LogP contribution in [0.3, 0.4) is 0 Å². The summed E-state index contributed by atoms with van der Waals surface area (Å²) in [5, 5.41) is 5.82. The molecule has 0 saturated heterocycles. The number of rotatable bonds is 7. The van der Waals surface area contributed by atoms with E-state index in [-0.39, 0.29) is 11.8 Å². The Morgan fingerprint density at radius 3 is 2.77 bits per heavy atom. The van der Waals surface area contributed by atoms with Crippen molar-refractivity contribution in [3.8, 4) is 17.2 Å². The number of fused-ring (bicyclic) bond motifs is 2. The number of nitrogens with one attached hydrogen (secondary N) is 2. The number of carbonyl (C=O) groups excluding carboxylic acids is 2. The fourth-order valence-corrected chi connectivity index (χ4v) is 3.98. The number of ether oxygens (including phenoxy) is 3. The van der Waals surface area contributed by atoms with Gasteiger partial charge in [-0.15, -0.1) is 11.8 Å². The van der Waals surface area contributed by atoms with Gasteiger partial charge in [0.05, 0.1) is 12.3 Å². The van der Waals surface area contributed by atoms with E-state index in [4.69, 9.17) is 14.2 Å². The van der Waals surface area contributed by atoms with Crippen LogP contribution in [0.25, 0.3) is 0 Å². The fraction of sp³-hybridized carbons (Fsp3) is 0.364. The molecule has 0 fully saturated rings. The number of aryl methyl sites for hydroxylation is 1. The van der Waals surface area contributed by atoms with Crippen LogP contribution in [0.1, 0.15) is 24.8 Å². The Hall–Kier alpha value is -2.87. The number of hydrogen-bond donors (Lipinski definition) is 2. The highest BCUT2D eigenvalue weighted by molar-refractivity contribution is 7.98. The fourth-order valence-electron chi connectivity index (χ4n) is 3.42. The lowest BCUT2D eigenvalue weighted by atomic mass is 10.0. The molecule has 4 rings (SSSR count). The first-order valence-electron chi connectivity index (χ1n) is 9.95. The molecule has 2 amide bonds. The van der Waals surface area contributed by atoms with Gasteiger partial charge in [0.2, 0.25) is 11.8 Å². The Bertz CT molecular complexity index is 963. The van der Waals surface area contributed by atoms with E-state index in [0.717, 1.165) is 27.6 Å². The van der Waals surface area contributed by atoms with Gasteiger partial charge in [-0.1, -0.05) is 0 Å². The molecule has 2 heterocycles. The third-order valence-corrected chi connectivity index (χ3v) is 5.71. The highest BCUT2D eigenvalue weighted by Gasteiger charge is 2.17. The van der Waals surface area contributed by atoms with Gasteiger partial charge >= 0.3 is 0 Å². The van der Waals surface area contributed by atoms with E-state index in [1.807, 2.05) is 36.6 Å². The van der Waals surface area contributed by atoms with Crippen LogP contribution in [0.5, 0.6) is 17.2 Å². The SMILES string of the molecule is CSc1cc2c(cc1NC(=O)CCCOc1ccc3c(c1)CCC(=O)N3)OCCO2. The van der Waals surface area contributed by atoms with Gasteiger partial charge in [-0.05, 0) is 48.9 Å². The number of benzene rings is 2. The third kappa shape index (κ3) is 4.81. The van der Waals surface area contributed by atoms with E-state index in [1.165, 1.54) is 0 Å². The summed E-state index contributed by atoms with van der Waals surface area (Å²) < 4.78 is 17.0. The van der Waals surface area contributed by atoms with E-state index < -0.39 is 0 Å². The Labute approximate surface area is 179 Å². The lowest BCUT2D eigenvalue weighted by Gasteiger charge is -2.21. The van der Waals surface area contributed by atoms with Gasteiger partial charge in [-0.2, -0.15) is 0 Å². The second-order valence-corrected chi connectivity index (χ2v) is 7.91. The largest absolute Gasteiger partial charge is 0.494 e. The maximum absolute atomic E-state index is 12.4. The monoisotopic (exact) mass is 428 g/mol. The van der Waals surface area contributed by atoms with Crippen LogP contribution in [0.15, 0.2) is 35.2 Å². The molecule has 0 atom stereocenters. The van der Waals surface area contributed by atoms with Crippen LogP contribution in [0, 0.1) is 0 Å². The van der Waals surface area contributed by atoms with Gasteiger partial charge in [0.15, 0.2) is 11.5 Å². The van der Waals surface area contributed by atoms with Crippen LogP contribution in [0.2, 0.25) is 0 Å². The van der Waals surface area contributed by atoms with Gasteiger partial charge in [0, 0.05) is 29.5 Å². The maximum atomic E-state index is 12.4. The van der Waals surface area contributed by atoms with Crippen LogP contribution < -0.4 is 24.8 Å². The number of carbonyl (C=O) groups is 2. The summed E-state index contributed by atoms with van der Waals surface area (Å²) in [5.74, 6) is 2.09. The molecule has 2 aromatic carbocycles. The van der Waals surface area contributed by atoms with Crippen molar-refractivity contribution in [2.24, 2.45) is 0 Å². The summed E-state index contributed by atoms with van der Waals surface area (Å²) in [4.78, 5) is 24.8. The van der Waals surface area contributed by atoms with Crippen molar-refractivity contribution >= 4 is 35.0 Å². The van der Waals surface area contributed by atoms with Gasteiger partial charge in [0.25, 0.3) is 0 Å². The second-order valence-electron chi connectivity index (χ2n) is 7.06. The molecule has 30 heavy (non-hydrogen) atoms. The summed E-state index contributed by atoms with van der Waals surface area (Å²) in [6, 6.07) is 9.37. The minimum atomic E-state index is -0.0706. The van der Waals surface area contributed by atoms with E-state index in [9.17, 15) is 9.59 Å². The van der Waals surface area contributed by atoms with Crippen molar-refractivity contribution in [1.82, 2.24) is 0 Å². The predicted octanol–water partition coefficient (Wildman–Crippen LogP) is 3.86. The third-order valence-electron chi connectivity index (χ3n) is 4.93. The Balaban J connectivity index is 1.27. The molecule has 0 aromatic heterocycles. The molecule has 0 aliphatic carbocycles. The summed E-state index contributed by atoms with van der Waals surface area (Å²) in [6.45, 7) is 1.48. The highest BCUT2D eigenvalue weighted by atomic mass is 32.2.